The Kier molecular flexibility index (Phi) is 6.13. The average molecular weight is 439 g/mol. The van der Waals surface area contributed by atoms with Crippen LogP contribution in [0.4, 0.5) is 0 Å². The standard InChI is InChI=1S/C24H34N6O2/c1-17-9-12-25-30(17)15-11-22(31)29-13-5-4-8-21(29)23-26-20-16-28(18-6-2-3-7-18)14-10-19(20)24(32)27-23/h9,12,18,21H,2-8,10-11,13-16H2,1H3,(H,26,27,32)/t21-/m1/s1. The molecule has 1 aliphatic carbocycles. The molecule has 3 aliphatic rings. The number of nitrogens with zero attached hydrogens (tertiary/aromatic N) is 5. The minimum atomic E-state index is -0.144. The van der Waals surface area contributed by atoms with Gasteiger partial charge in [-0.25, -0.2) is 4.98 Å². The van der Waals surface area contributed by atoms with Gasteiger partial charge in [-0.15, -0.1) is 0 Å². The second-order valence-electron chi connectivity index (χ2n) is 9.58. The van der Waals surface area contributed by atoms with Crippen LogP contribution in [0.25, 0.3) is 0 Å². The lowest BCUT2D eigenvalue weighted by Gasteiger charge is -2.36. The van der Waals surface area contributed by atoms with Gasteiger partial charge in [0.15, 0.2) is 0 Å². The van der Waals surface area contributed by atoms with Crippen molar-refractivity contribution in [1.29, 1.82) is 0 Å². The number of hydrogen-bond acceptors (Lipinski definition) is 5. The molecule has 172 valence electrons. The molecule has 2 fully saturated rings. The molecule has 0 unspecified atom stereocenters. The highest BCUT2D eigenvalue weighted by atomic mass is 16.2. The van der Waals surface area contributed by atoms with Crippen LogP contribution in [-0.2, 0) is 24.3 Å². The molecule has 1 amide bonds. The van der Waals surface area contributed by atoms with Crippen molar-refractivity contribution in [3.63, 3.8) is 0 Å². The van der Waals surface area contributed by atoms with Gasteiger partial charge in [-0.05, 0) is 51.5 Å². The molecule has 5 rings (SSSR count). The van der Waals surface area contributed by atoms with E-state index in [1.807, 2.05) is 22.6 Å². The largest absolute Gasteiger partial charge is 0.332 e. The van der Waals surface area contributed by atoms with Gasteiger partial charge in [0.2, 0.25) is 5.91 Å². The SMILES string of the molecule is Cc1ccnn1CCC(=O)N1CCCC[C@@H]1c1nc2c(c(=O)[nH]1)CCN(C1CCCC1)C2. The third-order valence-electron chi connectivity index (χ3n) is 7.57. The second-order valence-corrected chi connectivity index (χ2v) is 9.58. The van der Waals surface area contributed by atoms with Crippen molar-refractivity contribution in [1.82, 2.24) is 29.5 Å². The summed E-state index contributed by atoms with van der Waals surface area (Å²) >= 11 is 0. The lowest BCUT2D eigenvalue weighted by molar-refractivity contribution is -0.135. The Bertz CT molecular complexity index is 1020. The van der Waals surface area contributed by atoms with E-state index in [1.165, 1.54) is 25.7 Å². The third kappa shape index (κ3) is 4.25. The molecule has 2 aliphatic heterocycles. The van der Waals surface area contributed by atoms with Crippen LogP contribution >= 0.6 is 0 Å². The summed E-state index contributed by atoms with van der Waals surface area (Å²) in [6.07, 6.45) is 10.9. The first-order valence-corrected chi connectivity index (χ1v) is 12.2. The van der Waals surface area contributed by atoms with Crippen molar-refractivity contribution in [2.75, 3.05) is 13.1 Å². The molecular formula is C24H34N6O2. The molecule has 2 aromatic heterocycles. The molecule has 0 bridgehead atoms. The number of amides is 1. The van der Waals surface area contributed by atoms with Crippen LogP contribution in [0.15, 0.2) is 17.1 Å². The molecule has 1 saturated carbocycles. The number of aromatic nitrogens is 4. The normalized spacial score (nSPS) is 22.3. The summed E-state index contributed by atoms with van der Waals surface area (Å²) in [5.41, 5.74) is 2.81. The third-order valence-corrected chi connectivity index (χ3v) is 7.57. The zero-order chi connectivity index (χ0) is 22.1. The number of aromatic amines is 1. The molecule has 1 N–H and O–H groups in total. The predicted octanol–water partition coefficient (Wildman–Crippen LogP) is 2.72. The summed E-state index contributed by atoms with van der Waals surface area (Å²) in [4.78, 5) is 38.5. The quantitative estimate of drug-likeness (QED) is 0.776. The summed E-state index contributed by atoms with van der Waals surface area (Å²) < 4.78 is 1.87. The first-order chi connectivity index (χ1) is 15.6. The van der Waals surface area contributed by atoms with Crippen LogP contribution in [0, 0.1) is 6.92 Å². The zero-order valence-electron chi connectivity index (χ0n) is 19.1. The molecule has 1 atom stereocenters. The van der Waals surface area contributed by atoms with Gasteiger partial charge in [-0.2, -0.15) is 5.10 Å². The maximum atomic E-state index is 13.1. The Hall–Kier alpha value is -2.48. The summed E-state index contributed by atoms with van der Waals surface area (Å²) in [5.74, 6) is 0.780. The fourth-order valence-electron chi connectivity index (χ4n) is 5.71. The highest BCUT2D eigenvalue weighted by molar-refractivity contribution is 5.76. The summed E-state index contributed by atoms with van der Waals surface area (Å²) in [5, 5.41) is 4.29. The van der Waals surface area contributed by atoms with E-state index in [9.17, 15) is 9.59 Å². The van der Waals surface area contributed by atoms with Crippen molar-refractivity contribution in [2.45, 2.75) is 89.9 Å². The number of hydrogen-bond donors (Lipinski definition) is 1. The van der Waals surface area contributed by atoms with Crippen molar-refractivity contribution in [3.8, 4) is 0 Å². The van der Waals surface area contributed by atoms with Gasteiger partial charge in [-0.1, -0.05) is 12.8 Å². The minimum absolute atomic E-state index is 0.0128. The van der Waals surface area contributed by atoms with Gasteiger partial charge in [0.05, 0.1) is 11.7 Å². The maximum Gasteiger partial charge on any atom is 0.254 e. The Morgan fingerprint density at radius 1 is 1.16 bits per heavy atom. The fraction of sp³-hybridized carbons (Fsp3) is 0.667. The topological polar surface area (TPSA) is 87.1 Å². The molecule has 32 heavy (non-hydrogen) atoms. The van der Waals surface area contributed by atoms with E-state index in [-0.39, 0.29) is 17.5 Å². The van der Waals surface area contributed by atoms with Gasteiger partial charge in [0.25, 0.3) is 5.56 Å². The van der Waals surface area contributed by atoms with Gasteiger partial charge in [0.1, 0.15) is 5.82 Å². The van der Waals surface area contributed by atoms with E-state index in [0.717, 1.165) is 62.3 Å². The van der Waals surface area contributed by atoms with Crippen molar-refractivity contribution >= 4 is 5.91 Å². The minimum Gasteiger partial charge on any atom is -0.332 e. The number of piperidine rings is 1. The van der Waals surface area contributed by atoms with Crippen molar-refractivity contribution in [3.05, 3.63) is 45.4 Å². The average Bonchev–Trinajstić information content (AvgIpc) is 3.49. The van der Waals surface area contributed by atoms with E-state index in [4.69, 9.17) is 4.98 Å². The summed E-state index contributed by atoms with van der Waals surface area (Å²) in [6.45, 7) is 5.00. The van der Waals surface area contributed by atoms with Crippen LogP contribution < -0.4 is 5.56 Å². The molecule has 0 spiro atoms. The number of H-pyrrole nitrogens is 1. The molecule has 8 heteroatoms. The Labute approximate surface area is 189 Å². The Balaban J connectivity index is 1.34. The van der Waals surface area contributed by atoms with E-state index in [1.54, 1.807) is 6.20 Å². The summed E-state index contributed by atoms with van der Waals surface area (Å²) in [6, 6.07) is 2.44. The van der Waals surface area contributed by atoms with Gasteiger partial charge in [0, 0.05) is 56.1 Å². The number of carbonyl (C=O) groups excluding carboxylic acids is 1. The van der Waals surface area contributed by atoms with Gasteiger partial charge in [-0.3, -0.25) is 19.2 Å². The zero-order valence-corrected chi connectivity index (χ0v) is 19.1. The molecule has 8 nitrogen and oxygen atoms in total. The molecule has 0 radical (unpaired) electrons. The number of rotatable bonds is 5. The number of likely N-dealkylation sites (tertiary alicyclic amines) is 1. The fourth-order valence-corrected chi connectivity index (χ4v) is 5.71. The molecule has 2 aromatic rings. The van der Waals surface area contributed by atoms with E-state index >= 15 is 0 Å². The van der Waals surface area contributed by atoms with Crippen LogP contribution in [0.3, 0.4) is 0 Å². The lowest BCUT2D eigenvalue weighted by atomic mass is 9.99. The highest BCUT2D eigenvalue weighted by Gasteiger charge is 2.32. The number of carbonyl (C=O) groups is 1. The monoisotopic (exact) mass is 438 g/mol. The number of fused-ring (bicyclic) bond motifs is 1. The van der Waals surface area contributed by atoms with Crippen LogP contribution in [0.2, 0.25) is 0 Å². The smallest absolute Gasteiger partial charge is 0.254 e. The van der Waals surface area contributed by atoms with E-state index in [2.05, 4.69) is 15.0 Å². The van der Waals surface area contributed by atoms with Gasteiger partial charge < -0.3 is 9.88 Å². The van der Waals surface area contributed by atoms with E-state index in [0.29, 0.717) is 24.8 Å². The predicted molar refractivity (Wildman–Crippen MR) is 121 cm³/mol. The van der Waals surface area contributed by atoms with Gasteiger partial charge >= 0.3 is 0 Å². The molecule has 1 saturated heterocycles. The highest BCUT2D eigenvalue weighted by Crippen LogP contribution is 2.31. The van der Waals surface area contributed by atoms with Crippen molar-refractivity contribution in [2.24, 2.45) is 0 Å². The van der Waals surface area contributed by atoms with Crippen LogP contribution in [-0.4, -0.2) is 54.6 Å². The molecule has 0 aromatic carbocycles. The van der Waals surface area contributed by atoms with E-state index < -0.39 is 0 Å². The molecular weight excluding hydrogens is 404 g/mol. The number of nitrogens with one attached hydrogen (secondary N) is 1. The van der Waals surface area contributed by atoms with Crippen molar-refractivity contribution < 1.29 is 4.79 Å². The molecule has 4 heterocycles. The number of aryl methyl sites for hydroxylation is 2. The lowest BCUT2D eigenvalue weighted by Crippen LogP contribution is -2.43. The Morgan fingerprint density at radius 3 is 2.75 bits per heavy atom. The maximum absolute atomic E-state index is 13.1. The first kappa shape index (κ1) is 21.4. The second kappa shape index (κ2) is 9.17. The van der Waals surface area contributed by atoms with Crippen LogP contribution in [0.5, 0.6) is 0 Å². The first-order valence-electron chi connectivity index (χ1n) is 12.2. The summed E-state index contributed by atoms with van der Waals surface area (Å²) in [7, 11) is 0. The Morgan fingerprint density at radius 2 is 1.97 bits per heavy atom. The van der Waals surface area contributed by atoms with Crippen LogP contribution in [0.1, 0.15) is 80.2 Å².